The second-order valence-electron chi connectivity index (χ2n) is 5.43. The van der Waals surface area contributed by atoms with Gasteiger partial charge in [0.1, 0.15) is 0 Å². The Morgan fingerprint density at radius 2 is 1.67 bits per heavy atom. The first-order valence-electron chi connectivity index (χ1n) is 6.51. The van der Waals surface area contributed by atoms with Crippen molar-refractivity contribution in [2.75, 3.05) is 14.1 Å². The zero-order valence-electron chi connectivity index (χ0n) is 10.8. The third kappa shape index (κ3) is 4.12. The van der Waals surface area contributed by atoms with Crippen LogP contribution in [-0.4, -0.2) is 26.2 Å². The molecule has 0 aromatic heterocycles. The lowest BCUT2D eigenvalue weighted by Crippen LogP contribution is -2.40. The molecule has 1 aliphatic rings. The van der Waals surface area contributed by atoms with Crippen molar-refractivity contribution in [3.8, 4) is 0 Å². The van der Waals surface area contributed by atoms with Crippen LogP contribution in [0.2, 0.25) is 0 Å². The van der Waals surface area contributed by atoms with Crippen LogP contribution < -0.4 is 10.6 Å². The Morgan fingerprint density at radius 1 is 1.07 bits per heavy atom. The molecule has 0 aromatic rings. The predicted octanol–water partition coefficient (Wildman–Crippen LogP) is 2.40. The minimum Gasteiger partial charge on any atom is -0.317 e. The van der Waals surface area contributed by atoms with Crippen molar-refractivity contribution in [1.82, 2.24) is 10.6 Å². The second-order valence-corrected chi connectivity index (χ2v) is 5.43. The van der Waals surface area contributed by atoms with Gasteiger partial charge in [-0.1, -0.05) is 13.8 Å². The van der Waals surface area contributed by atoms with Crippen molar-refractivity contribution in [2.45, 2.75) is 58.0 Å². The fourth-order valence-electron chi connectivity index (χ4n) is 2.86. The van der Waals surface area contributed by atoms with Gasteiger partial charge in [-0.3, -0.25) is 0 Å². The van der Waals surface area contributed by atoms with E-state index in [9.17, 15) is 0 Å². The SMILES string of the molecule is CNC1CCC(C(CC(C)C)NC)CC1. The van der Waals surface area contributed by atoms with Gasteiger partial charge in [0.05, 0.1) is 0 Å². The molecule has 0 spiro atoms. The molecule has 1 fully saturated rings. The van der Waals surface area contributed by atoms with Crippen molar-refractivity contribution >= 4 is 0 Å². The zero-order valence-corrected chi connectivity index (χ0v) is 10.8. The molecule has 0 bridgehead atoms. The minimum absolute atomic E-state index is 0.739. The maximum absolute atomic E-state index is 3.52. The summed E-state index contributed by atoms with van der Waals surface area (Å²) in [4.78, 5) is 0. The lowest BCUT2D eigenvalue weighted by atomic mass is 9.79. The Kier molecular flexibility index (Phi) is 5.62. The molecule has 0 amide bonds. The molecule has 0 aromatic carbocycles. The third-order valence-corrected chi connectivity index (χ3v) is 3.85. The summed E-state index contributed by atoms with van der Waals surface area (Å²) >= 11 is 0. The van der Waals surface area contributed by atoms with Crippen molar-refractivity contribution in [2.24, 2.45) is 11.8 Å². The summed E-state index contributed by atoms with van der Waals surface area (Å²) in [6, 6.07) is 1.51. The van der Waals surface area contributed by atoms with Crippen LogP contribution in [0, 0.1) is 11.8 Å². The highest BCUT2D eigenvalue weighted by atomic mass is 14.9. The number of hydrogen-bond donors (Lipinski definition) is 2. The molecule has 0 aliphatic heterocycles. The number of rotatable bonds is 5. The quantitative estimate of drug-likeness (QED) is 0.731. The van der Waals surface area contributed by atoms with E-state index in [4.69, 9.17) is 0 Å². The highest BCUT2D eigenvalue weighted by molar-refractivity contribution is 4.83. The first-order valence-corrected chi connectivity index (χ1v) is 6.51. The van der Waals surface area contributed by atoms with E-state index < -0.39 is 0 Å². The number of hydrogen-bond acceptors (Lipinski definition) is 2. The van der Waals surface area contributed by atoms with Crippen LogP contribution in [0.15, 0.2) is 0 Å². The van der Waals surface area contributed by atoms with Gasteiger partial charge < -0.3 is 10.6 Å². The normalized spacial score (nSPS) is 29.4. The van der Waals surface area contributed by atoms with E-state index in [0.717, 1.165) is 23.9 Å². The molecule has 2 nitrogen and oxygen atoms in total. The van der Waals surface area contributed by atoms with E-state index in [-0.39, 0.29) is 0 Å². The van der Waals surface area contributed by atoms with E-state index in [0.29, 0.717) is 0 Å². The smallest absolute Gasteiger partial charge is 0.00947 e. The Balaban J connectivity index is 2.35. The first-order chi connectivity index (χ1) is 7.17. The van der Waals surface area contributed by atoms with Crippen LogP contribution in [0.3, 0.4) is 0 Å². The van der Waals surface area contributed by atoms with E-state index in [2.05, 4.69) is 38.6 Å². The van der Waals surface area contributed by atoms with Crippen LogP contribution in [0.4, 0.5) is 0 Å². The molecule has 1 atom stereocenters. The average Bonchev–Trinajstić information content (AvgIpc) is 2.26. The maximum Gasteiger partial charge on any atom is 0.00947 e. The monoisotopic (exact) mass is 212 g/mol. The van der Waals surface area contributed by atoms with Crippen LogP contribution in [-0.2, 0) is 0 Å². The largest absolute Gasteiger partial charge is 0.317 e. The Morgan fingerprint density at radius 3 is 2.07 bits per heavy atom. The van der Waals surface area contributed by atoms with Gasteiger partial charge in [-0.25, -0.2) is 0 Å². The standard InChI is InChI=1S/C13H28N2/c1-10(2)9-13(15-4)11-5-7-12(14-3)8-6-11/h10-15H,5-9H2,1-4H3. The third-order valence-electron chi connectivity index (χ3n) is 3.85. The van der Waals surface area contributed by atoms with E-state index in [1.807, 2.05) is 0 Å². The molecule has 2 heteroatoms. The van der Waals surface area contributed by atoms with Crippen LogP contribution in [0.25, 0.3) is 0 Å². The van der Waals surface area contributed by atoms with E-state index in [1.54, 1.807) is 0 Å². The van der Waals surface area contributed by atoms with E-state index >= 15 is 0 Å². The topological polar surface area (TPSA) is 24.1 Å². The molecular formula is C13H28N2. The summed E-state index contributed by atoms with van der Waals surface area (Å²) in [7, 11) is 4.21. The molecule has 90 valence electrons. The Hall–Kier alpha value is -0.0800. The van der Waals surface area contributed by atoms with Gasteiger partial charge in [-0.15, -0.1) is 0 Å². The summed E-state index contributed by atoms with van der Waals surface area (Å²) in [6.07, 6.45) is 6.83. The molecule has 15 heavy (non-hydrogen) atoms. The van der Waals surface area contributed by atoms with E-state index in [1.165, 1.54) is 32.1 Å². The highest BCUT2D eigenvalue weighted by Crippen LogP contribution is 2.29. The zero-order chi connectivity index (χ0) is 11.3. The molecular weight excluding hydrogens is 184 g/mol. The molecule has 2 N–H and O–H groups in total. The minimum atomic E-state index is 0.739. The van der Waals surface area contributed by atoms with Crippen LogP contribution in [0.1, 0.15) is 46.0 Å². The summed E-state index contributed by atoms with van der Waals surface area (Å²) in [5.41, 5.74) is 0. The summed E-state index contributed by atoms with van der Waals surface area (Å²) in [5.74, 6) is 1.71. The fraction of sp³-hybridized carbons (Fsp3) is 1.00. The summed E-state index contributed by atoms with van der Waals surface area (Å²) < 4.78 is 0. The van der Waals surface area contributed by atoms with Crippen LogP contribution in [0.5, 0.6) is 0 Å². The summed E-state index contributed by atoms with van der Waals surface area (Å²) in [6.45, 7) is 4.65. The van der Waals surface area contributed by atoms with Crippen molar-refractivity contribution < 1.29 is 0 Å². The first kappa shape index (κ1) is 13.0. The second kappa shape index (κ2) is 6.49. The lowest BCUT2D eigenvalue weighted by molar-refractivity contribution is 0.226. The Bertz CT molecular complexity index is 160. The van der Waals surface area contributed by atoms with Gasteiger partial charge in [0.25, 0.3) is 0 Å². The van der Waals surface area contributed by atoms with Crippen LogP contribution >= 0.6 is 0 Å². The van der Waals surface area contributed by atoms with Gasteiger partial charge in [0, 0.05) is 12.1 Å². The highest BCUT2D eigenvalue weighted by Gasteiger charge is 2.26. The average molecular weight is 212 g/mol. The lowest BCUT2D eigenvalue weighted by Gasteiger charge is -2.34. The molecule has 1 aliphatic carbocycles. The summed E-state index contributed by atoms with van der Waals surface area (Å²) in [5, 5.41) is 6.92. The predicted molar refractivity (Wildman–Crippen MR) is 67.1 cm³/mol. The van der Waals surface area contributed by atoms with Crippen molar-refractivity contribution in [3.05, 3.63) is 0 Å². The molecule has 0 saturated heterocycles. The molecule has 1 rings (SSSR count). The number of nitrogens with one attached hydrogen (secondary N) is 2. The van der Waals surface area contributed by atoms with Crippen molar-refractivity contribution in [3.63, 3.8) is 0 Å². The maximum atomic E-state index is 3.52. The fourth-order valence-corrected chi connectivity index (χ4v) is 2.86. The molecule has 0 radical (unpaired) electrons. The van der Waals surface area contributed by atoms with Gasteiger partial charge >= 0.3 is 0 Å². The molecule has 1 saturated carbocycles. The Labute approximate surface area is 95.2 Å². The van der Waals surface area contributed by atoms with Gasteiger partial charge in [0.15, 0.2) is 0 Å². The van der Waals surface area contributed by atoms with Crippen molar-refractivity contribution in [1.29, 1.82) is 0 Å². The van der Waals surface area contributed by atoms with Gasteiger partial charge in [0.2, 0.25) is 0 Å². The van der Waals surface area contributed by atoms with Gasteiger partial charge in [-0.05, 0) is 58.0 Å². The molecule has 0 heterocycles. The molecule has 1 unspecified atom stereocenters. The van der Waals surface area contributed by atoms with Gasteiger partial charge in [-0.2, -0.15) is 0 Å².